The molecule has 0 aromatic carbocycles. The van der Waals surface area contributed by atoms with Gasteiger partial charge in [-0.05, 0) is 24.8 Å². The van der Waals surface area contributed by atoms with Crippen LogP contribution < -0.4 is 10.0 Å². The van der Waals surface area contributed by atoms with Crippen LogP contribution in [0.5, 0.6) is 0 Å². The van der Waals surface area contributed by atoms with Crippen LogP contribution in [-0.4, -0.2) is 43.7 Å². The van der Waals surface area contributed by atoms with Gasteiger partial charge in [0.2, 0.25) is 10.0 Å². The van der Waals surface area contributed by atoms with Crippen LogP contribution in [0.1, 0.15) is 29.8 Å². The van der Waals surface area contributed by atoms with Crippen LogP contribution in [0.4, 0.5) is 0 Å². The fourth-order valence-electron chi connectivity index (χ4n) is 2.59. The summed E-state index contributed by atoms with van der Waals surface area (Å²) in [6.45, 7) is 0.216. The molecular formula is C13H21N3O4S. The molecule has 8 heteroatoms. The lowest BCUT2D eigenvalue weighted by Gasteiger charge is -2.14. The van der Waals surface area contributed by atoms with Crippen LogP contribution in [0.25, 0.3) is 0 Å². The molecule has 7 nitrogen and oxygen atoms in total. The largest absolute Gasteiger partial charge is 0.393 e. The second-order valence-corrected chi connectivity index (χ2v) is 7.13. The number of carbonyl (C=O) groups excluding carboxylic acids is 1. The van der Waals surface area contributed by atoms with Crippen LogP contribution >= 0.6 is 0 Å². The molecule has 0 radical (unpaired) electrons. The van der Waals surface area contributed by atoms with E-state index in [2.05, 4.69) is 10.0 Å². The molecular weight excluding hydrogens is 294 g/mol. The molecule has 1 aliphatic rings. The van der Waals surface area contributed by atoms with Gasteiger partial charge in [-0.1, -0.05) is 6.42 Å². The van der Waals surface area contributed by atoms with Gasteiger partial charge in [0.25, 0.3) is 5.91 Å². The minimum absolute atomic E-state index is 0.0399. The first-order valence-corrected chi connectivity index (χ1v) is 8.39. The van der Waals surface area contributed by atoms with Crippen molar-refractivity contribution in [3.8, 4) is 0 Å². The van der Waals surface area contributed by atoms with Crippen molar-refractivity contribution in [1.29, 1.82) is 0 Å². The van der Waals surface area contributed by atoms with Gasteiger partial charge < -0.3 is 15.0 Å². The lowest BCUT2D eigenvalue weighted by atomic mass is 10.1. The summed E-state index contributed by atoms with van der Waals surface area (Å²) in [6, 6.07) is 1.34. The minimum atomic E-state index is -3.68. The first kappa shape index (κ1) is 16.0. The number of sulfonamides is 1. The maximum Gasteiger partial charge on any atom is 0.267 e. The summed E-state index contributed by atoms with van der Waals surface area (Å²) < 4.78 is 28.5. The van der Waals surface area contributed by atoms with Gasteiger partial charge in [0.1, 0.15) is 10.6 Å². The molecule has 1 saturated carbocycles. The van der Waals surface area contributed by atoms with Crippen molar-refractivity contribution >= 4 is 15.9 Å². The molecule has 3 N–H and O–H groups in total. The number of aryl methyl sites for hydroxylation is 1. The summed E-state index contributed by atoms with van der Waals surface area (Å²) >= 11 is 0. The first-order chi connectivity index (χ1) is 9.85. The summed E-state index contributed by atoms with van der Waals surface area (Å²) in [7, 11) is -0.572. The Bertz CT molecular complexity index is 623. The van der Waals surface area contributed by atoms with E-state index in [0.717, 1.165) is 19.3 Å². The van der Waals surface area contributed by atoms with Gasteiger partial charge in [0.15, 0.2) is 0 Å². The van der Waals surface area contributed by atoms with Gasteiger partial charge in [-0.15, -0.1) is 0 Å². The molecule has 1 aromatic rings. The van der Waals surface area contributed by atoms with E-state index in [4.69, 9.17) is 0 Å². The van der Waals surface area contributed by atoms with Crippen LogP contribution in [0.3, 0.4) is 0 Å². The van der Waals surface area contributed by atoms with Gasteiger partial charge in [-0.25, -0.2) is 13.1 Å². The zero-order valence-corrected chi connectivity index (χ0v) is 13.0. The Kier molecular flexibility index (Phi) is 4.70. The normalized spacial score (nSPS) is 22.4. The van der Waals surface area contributed by atoms with Crippen molar-refractivity contribution in [2.75, 3.05) is 13.6 Å². The Morgan fingerprint density at radius 1 is 1.48 bits per heavy atom. The molecule has 2 atom stereocenters. The second kappa shape index (κ2) is 6.17. The molecule has 1 fully saturated rings. The van der Waals surface area contributed by atoms with E-state index in [1.807, 2.05) is 0 Å². The predicted molar refractivity (Wildman–Crippen MR) is 77.3 cm³/mol. The highest BCUT2D eigenvalue weighted by Crippen LogP contribution is 2.25. The second-order valence-electron chi connectivity index (χ2n) is 5.36. The minimum Gasteiger partial charge on any atom is -0.393 e. The zero-order chi connectivity index (χ0) is 15.6. The van der Waals surface area contributed by atoms with Crippen LogP contribution in [0.2, 0.25) is 0 Å². The highest BCUT2D eigenvalue weighted by Gasteiger charge is 2.27. The number of hydrogen-bond donors (Lipinski definition) is 3. The first-order valence-electron chi connectivity index (χ1n) is 6.91. The highest BCUT2D eigenvalue weighted by molar-refractivity contribution is 7.89. The Hall–Kier alpha value is -1.38. The average Bonchev–Trinajstić information content (AvgIpc) is 3.02. The quantitative estimate of drug-likeness (QED) is 0.702. The number of nitrogens with one attached hydrogen (secondary N) is 2. The van der Waals surface area contributed by atoms with Crippen LogP contribution in [-0.2, 0) is 17.1 Å². The molecule has 118 valence electrons. The van der Waals surface area contributed by atoms with E-state index in [9.17, 15) is 18.3 Å². The van der Waals surface area contributed by atoms with E-state index in [1.54, 1.807) is 7.05 Å². The number of nitrogens with zero attached hydrogens (tertiary/aromatic N) is 1. The molecule has 1 amide bonds. The maximum absolute atomic E-state index is 12.2. The zero-order valence-electron chi connectivity index (χ0n) is 12.2. The average molecular weight is 315 g/mol. The molecule has 1 heterocycles. The molecule has 1 aromatic heterocycles. The Morgan fingerprint density at radius 3 is 2.76 bits per heavy atom. The lowest BCUT2D eigenvalue weighted by molar-refractivity contribution is 0.0955. The van der Waals surface area contributed by atoms with Crippen molar-refractivity contribution < 1.29 is 18.3 Å². The van der Waals surface area contributed by atoms with Crippen molar-refractivity contribution in [3.63, 3.8) is 0 Å². The van der Waals surface area contributed by atoms with Gasteiger partial charge >= 0.3 is 0 Å². The Morgan fingerprint density at radius 2 is 2.19 bits per heavy atom. The molecule has 0 bridgehead atoms. The molecule has 2 unspecified atom stereocenters. The van der Waals surface area contributed by atoms with Crippen molar-refractivity contribution in [2.24, 2.45) is 13.0 Å². The monoisotopic (exact) mass is 315 g/mol. The number of hydrogen-bond acceptors (Lipinski definition) is 4. The fraction of sp³-hybridized carbons (Fsp3) is 0.615. The number of rotatable bonds is 5. The SMILES string of the molecule is CNC(=O)c1cc(S(=O)(=O)NCC2CCCC2O)cn1C. The van der Waals surface area contributed by atoms with Crippen molar-refractivity contribution in [2.45, 2.75) is 30.3 Å². The van der Waals surface area contributed by atoms with Crippen LogP contribution in [0, 0.1) is 5.92 Å². The Labute approximate surface area is 124 Å². The predicted octanol–water partition coefficient (Wildman–Crippen LogP) is -0.176. The van der Waals surface area contributed by atoms with Gasteiger partial charge in [0.05, 0.1) is 6.10 Å². The van der Waals surface area contributed by atoms with E-state index >= 15 is 0 Å². The number of aliphatic hydroxyl groups is 1. The molecule has 1 aliphatic carbocycles. The van der Waals surface area contributed by atoms with Gasteiger partial charge in [-0.3, -0.25) is 4.79 Å². The summed E-state index contributed by atoms with van der Waals surface area (Å²) in [5.74, 6) is -0.382. The van der Waals surface area contributed by atoms with E-state index in [-0.39, 0.29) is 29.0 Å². The molecule has 21 heavy (non-hydrogen) atoms. The number of aliphatic hydroxyl groups excluding tert-OH is 1. The van der Waals surface area contributed by atoms with E-state index in [0.29, 0.717) is 0 Å². The fourth-order valence-corrected chi connectivity index (χ4v) is 3.75. The van der Waals surface area contributed by atoms with E-state index in [1.165, 1.54) is 23.9 Å². The third-order valence-electron chi connectivity index (χ3n) is 3.90. The standard InChI is InChI=1S/C13H21N3O4S/c1-14-13(18)11-6-10(8-16(11)2)21(19,20)15-7-9-4-3-5-12(9)17/h6,8-9,12,15,17H,3-5,7H2,1-2H3,(H,14,18). The summed E-state index contributed by atoms with van der Waals surface area (Å²) in [6.07, 6.45) is 3.42. The van der Waals surface area contributed by atoms with Crippen LogP contribution in [0.15, 0.2) is 17.2 Å². The third-order valence-corrected chi connectivity index (χ3v) is 5.29. The summed E-state index contributed by atoms with van der Waals surface area (Å²) in [5.41, 5.74) is 0.277. The molecule has 0 spiro atoms. The Balaban J connectivity index is 2.10. The van der Waals surface area contributed by atoms with Gasteiger partial charge in [-0.2, -0.15) is 0 Å². The third kappa shape index (κ3) is 3.45. The van der Waals surface area contributed by atoms with Crippen molar-refractivity contribution in [1.82, 2.24) is 14.6 Å². The molecule has 0 saturated heterocycles. The maximum atomic E-state index is 12.2. The molecule has 0 aliphatic heterocycles. The topological polar surface area (TPSA) is 100 Å². The molecule has 2 rings (SSSR count). The number of aromatic nitrogens is 1. The summed E-state index contributed by atoms with van der Waals surface area (Å²) in [4.78, 5) is 11.7. The number of amides is 1. The van der Waals surface area contributed by atoms with Gasteiger partial charge in [0, 0.05) is 26.8 Å². The smallest absolute Gasteiger partial charge is 0.267 e. The van der Waals surface area contributed by atoms with E-state index < -0.39 is 16.1 Å². The summed E-state index contributed by atoms with van der Waals surface area (Å²) in [5, 5.41) is 12.2. The number of carbonyl (C=O) groups is 1. The highest BCUT2D eigenvalue weighted by atomic mass is 32.2. The van der Waals surface area contributed by atoms with Crippen molar-refractivity contribution in [3.05, 3.63) is 18.0 Å². The lowest BCUT2D eigenvalue weighted by Crippen LogP contribution is -2.32.